The molecule has 3 rings (SSSR count). The van der Waals surface area contributed by atoms with Crippen molar-refractivity contribution in [1.29, 1.82) is 0 Å². The molecular weight excluding hydrogens is 291 g/mol. The average Bonchev–Trinajstić information content (AvgIpc) is 2.69. The Bertz CT molecular complexity index is 497. The van der Waals surface area contributed by atoms with Gasteiger partial charge in [-0.3, -0.25) is 0 Å². The van der Waals surface area contributed by atoms with Crippen molar-refractivity contribution >= 4 is 42.7 Å². The van der Waals surface area contributed by atoms with E-state index >= 15 is 0 Å². The van der Waals surface area contributed by atoms with Crippen molar-refractivity contribution in [2.24, 2.45) is 0 Å². The number of carbonyl (C=O) groups is 6. The van der Waals surface area contributed by atoms with Crippen LogP contribution in [0.5, 0.6) is 0 Å². The van der Waals surface area contributed by atoms with E-state index in [9.17, 15) is 28.8 Å². The summed E-state index contributed by atoms with van der Waals surface area (Å²) in [6, 6.07) is 0. The summed E-state index contributed by atoms with van der Waals surface area (Å²) in [5.41, 5.74) is 0. The van der Waals surface area contributed by atoms with E-state index in [-0.39, 0.29) is 0 Å². The topological polar surface area (TPSA) is 149 Å². The Balaban J connectivity index is 2.31. The van der Waals surface area contributed by atoms with Crippen molar-refractivity contribution in [3.05, 3.63) is 0 Å². The standard InChI is InChI=1S/C7H2O11P/c8-2-1-19(14-3(2)9,15-4(10)5(11)16-19)17-6(12)7(13)18-19/h1H2/q-1. The van der Waals surface area contributed by atoms with E-state index in [1.165, 1.54) is 0 Å². The number of Topliss-reactive ketones (excluding diaryl/α,β-unsaturated/α-hetero) is 1. The summed E-state index contributed by atoms with van der Waals surface area (Å²) in [4.78, 5) is 67.2. The molecule has 0 amide bonds. The summed E-state index contributed by atoms with van der Waals surface area (Å²) in [7, 11) is -6.58. The molecule has 3 fully saturated rings. The Hall–Kier alpha value is -2.55. The van der Waals surface area contributed by atoms with Crippen molar-refractivity contribution in [2.45, 2.75) is 0 Å². The Morgan fingerprint density at radius 3 is 1.16 bits per heavy atom. The predicted molar refractivity (Wildman–Crippen MR) is 47.3 cm³/mol. The first-order chi connectivity index (χ1) is 8.65. The van der Waals surface area contributed by atoms with Crippen molar-refractivity contribution in [3.63, 3.8) is 0 Å². The molecule has 0 saturated carbocycles. The molecule has 0 aliphatic carbocycles. The van der Waals surface area contributed by atoms with Crippen LogP contribution in [0.4, 0.5) is 0 Å². The van der Waals surface area contributed by atoms with E-state index in [4.69, 9.17) is 0 Å². The zero-order valence-corrected chi connectivity index (χ0v) is 9.54. The average molecular weight is 293 g/mol. The van der Waals surface area contributed by atoms with Gasteiger partial charge in [0.2, 0.25) is 0 Å². The van der Waals surface area contributed by atoms with E-state index in [1.807, 2.05) is 0 Å². The third-order valence-corrected chi connectivity index (χ3v) is 6.41. The molecule has 0 aromatic carbocycles. The number of ketones is 1. The van der Waals surface area contributed by atoms with Crippen molar-refractivity contribution in [2.75, 3.05) is 6.16 Å². The second kappa shape index (κ2) is 2.43. The van der Waals surface area contributed by atoms with Gasteiger partial charge in [-0.15, -0.1) is 0 Å². The van der Waals surface area contributed by atoms with Gasteiger partial charge in [0.05, 0.1) is 0 Å². The predicted octanol–water partition coefficient (Wildman–Crippen LogP) is -2.02. The van der Waals surface area contributed by atoms with Gasteiger partial charge in [-0.05, 0) is 0 Å². The normalized spacial score (nSPS) is 32.6. The van der Waals surface area contributed by atoms with Crippen molar-refractivity contribution < 1.29 is 51.4 Å². The molecule has 3 heterocycles. The van der Waals surface area contributed by atoms with Crippen LogP contribution in [0.15, 0.2) is 0 Å². The molecule has 0 bridgehead atoms. The first-order valence-electron chi connectivity index (χ1n) is 4.58. The molecular formula is C7H2O11P-. The zero-order valence-electron chi connectivity index (χ0n) is 8.65. The Morgan fingerprint density at radius 1 is 0.579 bits per heavy atom. The number of hydrogen-bond acceptors (Lipinski definition) is 11. The fourth-order valence-electron chi connectivity index (χ4n) is 1.88. The van der Waals surface area contributed by atoms with E-state index in [1.54, 1.807) is 0 Å². The van der Waals surface area contributed by atoms with Crippen molar-refractivity contribution in [3.8, 4) is 0 Å². The van der Waals surface area contributed by atoms with Gasteiger partial charge in [-0.2, -0.15) is 0 Å². The fourth-order valence-corrected chi connectivity index (χ4v) is 5.63. The van der Waals surface area contributed by atoms with Crippen molar-refractivity contribution in [1.82, 2.24) is 0 Å². The number of hydrogen-bond donors (Lipinski definition) is 0. The summed E-state index contributed by atoms with van der Waals surface area (Å²) < 4.78 is 22.1. The molecule has 102 valence electrons. The molecule has 3 aliphatic rings. The van der Waals surface area contributed by atoms with Crippen LogP contribution >= 0.6 is 7.08 Å². The second-order valence-corrected chi connectivity index (χ2v) is 7.88. The number of carbonyl (C=O) groups excluding carboxylic acids is 6. The molecule has 0 N–H and O–H groups in total. The van der Waals surface area contributed by atoms with Crippen LogP contribution in [0.25, 0.3) is 0 Å². The van der Waals surface area contributed by atoms with Gasteiger partial charge in [-0.1, -0.05) is 0 Å². The van der Waals surface area contributed by atoms with Crippen LogP contribution in [-0.2, 0) is 51.4 Å². The van der Waals surface area contributed by atoms with Gasteiger partial charge in [0.1, 0.15) is 0 Å². The fraction of sp³-hybridized carbons (Fsp3) is 0.143. The van der Waals surface area contributed by atoms with E-state index in [2.05, 4.69) is 22.6 Å². The quantitative estimate of drug-likeness (QED) is 0.359. The molecule has 19 heavy (non-hydrogen) atoms. The Morgan fingerprint density at radius 2 is 0.895 bits per heavy atom. The maximum atomic E-state index is 11.3. The minimum absolute atomic E-state index is 1.31. The molecule has 12 heteroatoms. The third-order valence-electron chi connectivity index (χ3n) is 2.51. The molecule has 0 unspecified atom stereocenters. The van der Waals surface area contributed by atoms with Crippen LogP contribution in [0, 0.1) is 0 Å². The van der Waals surface area contributed by atoms with E-state index in [0.29, 0.717) is 0 Å². The minimum atomic E-state index is -6.58. The summed E-state index contributed by atoms with van der Waals surface area (Å²) in [5, 5.41) is 0. The van der Waals surface area contributed by atoms with E-state index in [0.717, 1.165) is 0 Å². The van der Waals surface area contributed by atoms with Crippen LogP contribution in [0.2, 0.25) is 0 Å². The Kier molecular flexibility index (Phi) is 1.47. The Labute approximate surface area is 101 Å². The molecule has 1 spiro atoms. The summed E-state index contributed by atoms with van der Waals surface area (Å²) in [6.07, 6.45) is -1.31. The van der Waals surface area contributed by atoms with E-state index < -0.39 is 48.9 Å². The van der Waals surface area contributed by atoms with Crippen LogP contribution in [0.3, 0.4) is 0 Å². The zero-order chi connectivity index (χ0) is 14.1. The van der Waals surface area contributed by atoms with Gasteiger partial charge < -0.3 is 0 Å². The molecule has 0 aromatic heterocycles. The molecule has 3 aliphatic heterocycles. The van der Waals surface area contributed by atoms with Crippen LogP contribution in [-0.4, -0.2) is 41.8 Å². The van der Waals surface area contributed by atoms with Crippen LogP contribution < -0.4 is 0 Å². The first-order valence-corrected chi connectivity index (χ1v) is 7.04. The third kappa shape index (κ3) is 1.06. The molecule has 0 radical (unpaired) electrons. The summed E-state index contributed by atoms with van der Waals surface area (Å²) >= 11 is 0. The summed E-state index contributed by atoms with van der Waals surface area (Å²) in [6.45, 7) is 0. The van der Waals surface area contributed by atoms with Crippen LogP contribution in [0.1, 0.15) is 0 Å². The maximum absolute atomic E-state index is 11.3. The monoisotopic (exact) mass is 293 g/mol. The van der Waals surface area contributed by atoms with Gasteiger partial charge in [0.15, 0.2) is 0 Å². The number of rotatable bonds is 0. The molecule has 3 saturated heterocycles. The summed E-state index contributed by atoms with van der Waals surface area (Å²) in [5.74, 6) is -9.86. The molecule has 0 atom stereocenters. The van der Waals surface area contributed by atoms with Gasteiger partial charge in [-0.25, -0.2) is 0 Å². The van der Waals surface area contributed by atoms with Gasteiger partial charge in [0.25, 0.3) is 0 Å². The first kappa shape index (κ1) is 11.5. The molecule has 0 aromatic rings. The second-order valence-electron chi connectivity index (χ2n) is 3.87. The molecule has 11 nitrogen and oxygen atoms in total. The van der Waals surface area contributed by atoms with Gasteiger partial charge >= 0.3 is 100 Å². The SMILES string of the molecule is O=C1C[P-]23(OC1=O)(OC(=O)C(=O)O2)OC(=O)C(=O)O3. The van der Waals surface area contributed by atoms with Gasteiger partial charge in [0, 0.05) is 0 Å².